The van der Waals surface area contributed by atoms with Crippen LogP contribution in [0.5, 0.6) is 0 Å². The van der Waals surface area contributed by atoms with Crippen LogP contribution in [0.3, 0.4) is 0 Å². The van der Waals surface area contributed by atoms with E-state index in [1.54, 1.807) is 60.7 Å². The predicted octanol–water partition coefficient (Wildman–Crippen LogP) is 1.16. The Bertz CT molecular complexity index is 810. The summed E-state index contributed by atoms with van der Waals surface area (Å²) in [6.45, 7) is -0.543. The van der Waals surface area contributed by atoms with Crippen molar-refractivity contribution in [3.8, 4) is 0 Å². The lowest BCUT2D eigenvalue weighted by atomic mass is 9.98. The summed E-state index contributed by atoms with van der Waals surface area (Å²) in [5.41, 5.74) is 0.523. The van der Waals surface area contributed by atoms with Gasteiger partial charge in [-0.25, -0.2) is 9.59 Å². The first-order valence-electron chi connectivity index (χ1n) is 9.04. The van der Waals surface area contributed by atoms with E-state index in [-0.39, 0.29) is 11.1 Å². The van der Waals surface area contributed by atoms with Crippen molar-refractivity contribution >= 4 is 11.9 Å². The second kappa shape index (κ2) is 9.62. The molecule has 8 nitrogen and oxygen atoms in total. The molecule has 154 valence electrons. The zero-order valence-corrected chi connectivity index (χ0v) is 15.7. The van der Waals surface area contributed by atoms with E-state index in [2.05, 4.69) is 0 Å². The van der Waals surface area contributed by atoms with Crippen LogP contribution in [-0.2, 0) is 18.9 Å². The topological polar surface area (TPSA) is 112 Å². The van der Waals surface area contributed by atoms with Gasteiger partial charge in [0.25, 0.3) is 0 Å². The summed E-state index contributed by atoms with van der Waals surface area (Å²) in [7, 11) is 1.30. The molecule has 3 rings (SSSR count). The third-order valence-electron chi connectivity index (χ3n) is 4.53. The van der Waals surface area contributed by atoms with E-state index in [1.807, 2.05) is 0 Å². The first kappa shape index (κ1) is 20.9. The van der Waals surface area contributed by atoms with Crippen LogP contribution in [0.4, 0.5) is 0 Å². The third-order valence-corrected chi connectivity index (χ3v) is 4.53. The lowest BCUT2D eigenvalue weighted by molar-refractivity contribution is -0.292. The maximum atomic E-state index is 12.5. The van der Waals surface area contributed by atoms with Gasteiger partial charge in [-0.3, -0.25) is 0 Å². The van der Waals surface area contributed by atoms with Gasteiger partial charge in [-0.15, -0.1) is 0 Å². The van der Waals surface area contributed by atoms with Gasteiger partial charge < -0.3 is 29.2 Å². The lowest BCUT2D eigenvalue weighted by Crippen LogP contribution is -2.61. The number of carbonyl (C=O) groups excluding carboxylic acids is 2. The Morgan fingerprint density at radius 1 is 0.897 bits per heavy atom. The Labute approximate surface area is 167 Å². The molecule has 1 heterocycles. The molecule has 0 aliphatic carbocycles. The van der Waals surface area contributed by atoms with E-state index in [9.17, 15) is 19.8 Å². The van der Waals surface area contributed by atoms with Gasteiger partial charge in [0.1, 0.15) is 12.2 Å². The molecule has 2 aromatic carbocycles. The van der Waals surface area contributed by atoms with Crippen LogP contribution in [-0.4, -0.2) is 66.6 Å². The molecule has 2 N–H and O–H groups in total. The lowest BCUT2D eigenvalue weighted by Gasteiger charge is -2.42. The van der Waals surface area contributed by atoms with Gasteiger partial charge in [0.15, 0.2) is 18.5 Å². The number of rotatable bonds is 6. The fourth-order valence-electron chi connectivity index (χ4n) is 3.04. The van der Waals surface area contributed by atoms with Crippen molar-refractivity contribution in [2.45, 2.75) is 30.7 Å². The molecule has 1 aliphatic heterocycles. The summed E-state index contributed by atoms with van der Waals surface area (Å²) in [6.07, 6.45) is -6.24. The molecule has 0 bridgehead atoms. The zero-order chi connectivity index (χ0) is 20.8. The van der Waals surface area contributed by atoms with E-state index in [0.717, 1.165) is 0 Å². The summed E-state index contributed by atoms with van der Waals surface area (Å²) >= 11 is 0. The minimum Gasteiger partial charge on any atom is -0.452 e. The average Bonchev–Trinajstić information content (AvgIpc) is 2.77. The second-order valence-electron chi connectivity index (χ2n) is 6.42. The summed E-state index contributed by atoms with van der Waals surface area (Å²) in [5, 5.41) is 20.3. The molecule has 0 saturated carbocycles. The van der Waals surface area contributed by atoms with Gasteiger partial charge in [-0.2, -0.15) is 0 Å². The van der Waals surface area contributed by atoms with Gasteiger partial charge in [-0.05, 0) is 24.3 Å². The van der Waals surface area contributed by atoms with Crippen molar-refractivity contribution in [3.63, 3.8) is 0 Å². The highest BCUT2D eigenvalue weighted by Crippen LogP contribution is 2.28. The van der Waals surface area contributed by atoms with E-state index in [4.69, 9.17) is 18.9 Å². The largest absolute Gasteiger partial charge is 0.452 e. The molecular weight excluding hydrogens is 380 g/mol. The van der Waals surface area contributed by atoms with Crippen LogP contribution in [0.2, 0.25) is 0 Å². The van der Waals surface area contributed by atoms with Crippen molar-refractivity contribution < 1.29 is 38.7 Å². The van der Waals surface area contributed by atoms with Crippen molar-refractivity contribution in [2.24, 2.45) is 0 Å². The van der Waals surface area contributed by atoms with Crippen molar-refractivity contribution in [1.82, 2.24) is 0 Å². The molecule has 0 aromatic heterocycles. The molecule has 1 saturated heterocycles. The second-order valence-corrected chi connectivity index (χ2v) is 6.42. The van der Waals surface area contributed by atoms with Gasteiger partial charge in [0, 0.05) is 7.11 Å². The summed E-state index contributed by atoms with van der Waals surface area (Å²) < 4.78 is 21.5. The maximum Gasteiger partial charge on any atom is 0.338 e. The summed E-state index contributed by atoms with van der Waals surface area (Å²) in [6, 6.07) is 16.4. The molecule has 8 heteroatoms. The standard InChI is InChI=1S/C21H22O8/c1-26-21-16(23)18(29-20(25)14-10-6-3-7-11-14)17(15(12-22)27-21)28-19(24)13-8-4-2-5-9-13/h2-11,15-18,21-23H,12H2,1H3/t15-,16-,17-,18-,21+/m1/s1. The highest BCUT2D eigenvalue weighted by Gasteiger charge is 2.50. The maximum absolute atomic E-state index is 12.5. The van der Waals surface area contributed by atoms with E-state index >= 15 is 0 Å². The number of hydrogen-bond donors (Lipinski definition) is 2. The van der Waals surface area contributed by atoms with Crippen LogP contribution in [0.25, 0.3) is 0 Å². The van der Waals surface area contributed by atoms with Crippen LogP contribution in [0.1, 0.15) is 20.7 Å². The van der Waals surface area contributed by atoms with E-state index in [1.165, 1.54) is 7.11 Å². The van der Waals surface area contributed by atoms with Gasteiger partial charge in [0.05, 0.1) is 17.7 Å². The van der Waals surface area contributed by atoms with Gasteiger partial charge in [0.2, 0.25) is 0 Å². The number of hydrogen-bond acceptors (Lipinski definition) is 8. The first-order valence-corrected chi connectivity index (χ1v) is 9.04. The van der Waals surface area contributed by atoms with Crippen molar-refractivity contribution in [2.75, 3.05) is 13.7 Å². The van der Waals surface area contributed by atoms with E-state index < -0.39 is 49.3 Å². The molecular formula is C21H22O8. The number of methoxy groups -OCH3 is 1. The van der Waals surface area contributed by atoms with Crippen molar-refractivity contribution in [1.29, 1.82) is 0 Å². The Morgan fingerprint density at radius 2 is 1.38 bits per heavy atom. The minimum absolute atomic E-state index is 0.258. The molecule has 0 amide bonds. The Hall–Kier alpha value is -2.78. The molecule has 1 aliphatic rings. The summed E-state index contributed by atoms with van der Waals surface area (Å²) in [4.78, 5) is 25.1. The molecule has 0 radical (unpaired) electrons. The number of aliphatic hydroxyl groups excluding tert-OH is 2. The number of benzene rings is 2. The Morgan fingerprint density at radius 3 is 1.83 bits per heavy atom. The third kappa shape index (κ3) is 4.80. The normalized spacial score (nSPS) is 26.5. The van der Waals surface area contributed by atoms with Crippen molar-refractivity contribution in [3.05, 3.63) is 71.8 Å². The Balaban J connectivity index is 1.85. The average molecular weight is 402 g/mol. The van der Waals surface area contributed by atoms with Crippen LogP contribution >= 0.6 is 0 Å². The SMILES string of the molecule is CO[C@H]1O[C@H](CO)[C@@H](OC(=O)c2ccccc2)[C@H](OC(=O)c2ccccc2)[C@H]1O. The molecule has 2 aromatic rings. The molecule has 0 unspecified atom stereocenters. The highest BCUT2D eigenvalue weighted by atomic mass is 16.7. The summed E-state index contributed by atoms with van der Waals surface area (Å²) in [5.74, 6) is -1.43. The van der Waals surface area contributed by atoms with Gasteiger partial charge in [-0.1, -0.05) is 36.4 Å². The van der Waals surface area contributed by atoms with Crippen LogP contribution in [0.15, 0.2) is 60.7 Å². The molecule has 0 spiro atoms. The van der Waals surface area contributed by atoms with E-state index in [0.29, 0.717) is 0 Å². The van der Waals surface area contributed by atoms with Crippen LogP contribution in [0, 0.1) is 0 Å². The number of ether oxygens (including phenoxy) is 4. The fourth-order valence-corrected chi connectivity index (χ4v) is 3.04. The quantitative estimate of drug-likeness (QED) is 0.693. The van der Waals surface area contributed by atoms with Crippen LogP contribution < -0.4 is 0 Å². The zero-order valence-electron chi connectivity index (χ0n) is 15.7. The molecule has 1 fully saturated rings. The molecule has 29 heavy (non-hydrogen) atoms. The number of aliphatic hydroxyl groups is 2. The highest BCUT2D eigenvalue weighted by molar-refractivity contribution is 5.90. The Kier molecular flexibility index (Phi) is 6.95. The smallest absolute Gasteiger partial charge is 0.338 e. The van der Waals surface area contributed by atoms with Gasteiger partial charge >= 0.3 is 11.9 Å². The number of carbonyl (C=O) groups is 2. The minimum atomic E-state index is -1.44. The monoisotopic (exact) mass is 402 g/mol. The first-order chi connectivity index (χ1) is 14.0. The fraction of sp³-hybridized carbons (Fsp3) is 0.333. The number of esters is 2. The molecule has 5 atom stereocenters. The predicted molar refractivity (Wildman–Crippen MR) is 100 cm³/mol.